The largest absolute Gasteiger partial charge is 0.493 e. The third-order valence-corrected chi connectivity index (χ3v) is 4.72. The SMILES string of the molecule is Cc1nc2cnc3cc(-c4ccc(Cl)s4)ccc3n2c1O.Cl. The molecule has 0 amide bonds. The Labute approximate surface area is 141 Å². The van der Waals surface area contributed by atoms with Crippen LogP contribution in [0.1, 0.15) is 5.69 Å². The van der Waals surface area contributed by atoms with Crippen LogP contribution in [0.3, 0.4) is 0 Å². The van der Waals surface area contributed by atoms with Gasteiger partial charge >= 0.3 is 0 Å². The van der Waals surface area contributed by atoms with E-state index in [0.717, 1.165) is 25.8 Å². The van der Waals surface area contributed by atoms with Crippen LogP contribution in [0, 0.1) is 6.92 Å². The molecule has 4 rings (SSSR count). The van der Waals surface area contributed by atoms with Crippen LogP contribution >= 0.6 is 35.3 Å². The van der Waals surface area contributed by atoms with Crippen molar-refractivity contribution in [1.82, 2.24) is 14.4 Å². The number of fused-ring (bicyclic) bond motifs is 3. The molecule has 4 aromatic rings. The van der Waals surface area contributed by atoms with E-state index in [9.17, 15) is 5.11 Å². The third-order valence-electron chi connectivity index (χ3n) is 3.44. The summed E-state index contributed by atoms with van der Waals surface area (Å²) < 4.78 is 2.47. The fraction of sp³-hybridized carbons (Fsp3) is 0.0667. The lowest BCUT2D eigenvalue weighted by Crippen LogP contribution is -1.91. The van der Waals surface area contributed by atoms with Gasteiger partial charge in [-0.05, 0) is 36.8 Å². The summed E-state index contributed by atoms with van der Waals surface area (Å²) >= 11 is 7.52. The Morgan fingerprint density at radius 2 is 2.05 bits per heavy atom. The maximum Gasteiger partial charge on any atom is 0.219 e. The first-order valence-corrected chi connectivity index (χ1v) is 7.55. The minimum atomic E-state index is 0. The van der Waals surface area contributed by atoms with Crippen LogP contribution in [-0.4, -0.2) is 19.5 Å². The molecule has 0 saturated carbocycles. The summed E-state index contributed by atoms with van der Waals surface area (Å²) in [5, 5.41) is 10.1. The zero-order valence-electron chi connectivity index (χ0n) is 11.4. The summed E-state index contributed by atoms with van der Waals surface area (Å²) in [4.78, 5) is 9.81. The number of benzene rings is 1. The first-order chi connectivity index (χ1) is 10.1. The van der Waals surface area contributed by atoms with Crippen molar-refractivity contribution in [3.05, 3.63) is 46.6 Å². The van der Waals surface area contributed by atoms with Gasteiger partial charge in [-0.3, -0.25) is 9.38 Å². The van der Waals surface area contributed by atoms with Crippen molar-refractivity contribution in [3.8, 4) is 16.3 Å². The molecule has 112 valence electrons. The van der Waals surface area contributed by atoms with Crippen LogP contribution in [0.5, 0.6) is 5.88 Å². The predicted octanol–water partition coefficient (Wildman–Crippen LogP) is 4.70. The van der Waals surface area contributed by atoms with Crippen molar-refractivity contribution in [2.24, 2.45) is 0 Å². The van der Waals surface area contributed by atoms with Gasteiger partial charge in [-0.25, -0.2) is 4.98 Å². The van der Waals surface area contributed by atoms with Crippen molar-refractivity contribution in [2.45, 2.75) is 6.92 Å². The van der Waals surface area contributed by atoms with E-state index < -0.39 is 0 Å². The Balaban J connectivity index is 0.00000144. The number of nitrogens with zero attached hydrogens (tertiary/aromatic N) is 3. The molecule has 0 saturated heterocycles. The molecule has 0 aliphatic carbocycles. The van der Waals surface area contributed by atoms with Crippen LogP contribution in [0.4, 0.5) is 0 Å². The number of imidazole rings is 1. The molecule has 3 aromatic heterocycles. The van der Waals surface area contributed by atoms with Gasteiger partial charge in [0.15, 0.2) is 5.65 Å². The molecule has 1 aromatic carbocycles. The van der Waals surface area contributed by atoms with E-state index in [4.69, 9.17) is 11.6 Å². The number of aryl methyl sites for hydroxylation is 1. The highest BCUT2D eigenvalue weighted by atomic mass is 35.5. The van der Waals surface area contributed by atoms with Crippen molar-refractivity contribution in [3.63, 3.8) is 0 Å². The van der Waals surface area contributed by atoms with Gasteiger partial charge in [-0.2, -0.15) is 0 Å². The van der Waals surface area contributed by atoms with E-state index in [1.807, 2.05) is 30.3 Å². The van der Waals surface area contributed by atoms with Gasteiger partial charge in [0.25, 0.3) is 0 Å². The second kappa shape index (κ2) is 5.43. The van der Waals surface area contributed by atoms with Crippen molar-refractivity contribution >= 4 is 52.0 Å². The molecule has 0 atom stereocenters. The van der Waals surface area contributed by atoms with Crippen molar-refractivity contribution in [1.29, 1.82) is 0 Å². The lowest BCUT2D eigenvalue weighted by atomic mass is 10.1. The molecule has 7 heteroatoms. The maximum absolute atomic E-state index is 10.1. The quantitative estimate of drug-likeness (QED) is 0.540. The average molecular weight is 352 g/mol. The third kappa shape index (κ3) is 2.22. The van der Waals surface area contributed by atoms with E-state index in [0.29, 0.717) is 11.3 Å². The monoisotopic (exact) mass is 351 g/mol. The smallest absolute Gasteiger partial charge is 0.219 e. The van der Waals surface area contributed by atoms with E-state index in [2.05, 4.69) is 9.97 Å². The molecule has 0 bridgehead atoms. The Morgan fingerprint density at radius 3 is 2.77 bits per heavy atom. The Kier molecular flexibility index (Phi) is 3.72. The standard InChI is InChI=1S/C15H10ClN3OS.ClH/c1-8-15(20)19-11-3-2-9(12-4-5-13(16)21-12)6-10(11)17-7-14(19)18-8;/h2-7,20H,1H3;1H. The summed E-state index contributed by atoms with van der Waals surface area (Å²) in [6, 6.07) is 9.81. The number of aromatic nitrogens is 3. The van der Waals surface area contributed by atoms with Gasteiger partial charge in [0.05, 0.1) is 21.6 Å². The van der Waals surface area contributed by atoms with Gasteiger partial charge in [0, 0.05) is 4.88 Å². The van der Waals surface area contributed by atoms with Gasteiger partial charge in [0.1, 0.15) is 5.69 Å². The molecule has 22 heavy (non-hydrogen) atoms. The van der Waals surface area contributed by atoms with Crippen LogP contribution in [0.25, 0.3) is 27.1 Å². The zero-order valence-corrected chi connectivity index (χ0v) is 13.8. The van der Waals surface area contributed by atoms with Gasteiger partial charge < -0.3 is 5.11 Å². The van der Waals surface area contributed by atoms with Gasteiger partial charge in [-0.1, -0.05) is 17.7 Å². The lowest BCUT2D eigenvalue weighted by Gasteiger charge is -2.04. The summed E-state index contributed by atoms with van der Waals surface area (Å²) in [7, 11) is 0. The minimum Gasteiger partial charge on any atom is -0.493 e. The number of rotatable bonds is 1. The van der Waals surface area contributed by atoms with Crippen LogP contribution in [0.15, 0.2) is 36.5 Å². The number of halogens is 2. The second-order valence-electron chi connectivity index (χ2n) is 4.78. The zero-order chi connectivity index (χ0) is 14.6. The number of hydrogen-bond donors (Lipinski definition) is 1. The summed E-state index contributed by atoms with van der Waals surface area (Å²) in [5.41, 5.74) is 3.93. The minimum absolute atomic E-state index is 0. The first-order valence-electron chi connectivity index (χ1n) is 6.36. The normalized spacial score (nSPS) is 11.0. The fourth-order valence-corrected chi connectivity index (χ4v) is 3.47. The highest BCUT2D eigenvalue weighted by Crippen LogP contribution is 2.33. The van der Waals surface area contributed by atoms with Gasteiger partial charge in [-0.15, -0.1) is 23.7 Å². The van der Waals surface area contributed by atoms with E-state index in [-0.39, 0.29) is 18.3 Å². The fourth-order valence-electron chi connectivity index (χ4n) is 2.43. The summed E-state index contributed by atoms with van der Waals surface area (Å²) in [5.74, 6) is 0.157. The molecular weight excluding hydrogens is 341 g/mol. The molecule has 1 N–H and O–H groups in total. The highest BCUT2D eigenvalue weighted by molar-refractivity contribution is 7.19. The predicted molar refractivity (Wildman–Crippen MR) is 92.5 cm³/mol. The Hall–Kier alpha value is -1.82. The highest BCUT2D eigenvalue weighted by Gasteiger charge is 2.12. The van der Waals surface area contributed by atoms with Crippen molar-refractivity contribution < 1.29 is 5.11 Å². The van der Waals surface area contributed by atoms with Crippen LogP contribution in [-0.2, 0) is 0 Å². The molecule has 0 aliphatic rings. The van der Waals surface area contributed by atoms with E-state index in [1.54, 1.807) is 17.5 Å². The molecule has 3 heterocycles. The molecule has 0 unspecified atom stereocenters. The topological polar surface area (TPSA) is 50.4 Å². The second-order valence-corrected chi connectivity index (χ2v) is 6.49. The number of thiophene rings is 1. The lowest BCUT2D eigenvalue weighted by molar-refractivity contribution is 0.446. The molecule has 0 aliphatic heterocycles. The summed E-state index contributed by atoms with van der Waals surface area (Å²) in [6.45, 7) is 1.77. The molecular formula is C15H11Cl2N3OS. The molecule has 0 spiro atoms. The van der Waals surface area contributed by atoms with E-state index >= 15 is 0 Å². The number of hydrogen-bond acceptors (Lipinski definition) is 4. The van der Waals surface area contributed by atoms with Crippen LogP contribution in [0.2, 0.25) is 4.34 Å². The van der Waals surface area contributed by atoms with Crippen molar-refractivity contribution in [2.75, 3.05) is 0 Å². The summed E-state index contributed by atoms with van der Waals surface area (Å²) in [6.07, 6.45) is 1.67. The Bertz CT molecular complexity index is 993. The first kappa shape index (κ1) is 15.1. The van der Waals surface area contributed by atoms with E-state index in [1.165, 1.54) is 11.3 Å². The molecule has 4 nitrogen and oxygen atoms in total. The maximum atomic E-state index is 10.1. The Morgan fingerprint density at radius 1 is 1.23 bits per heavy atom. The van der Waals surface area contributed by atoms with Crippen LogP contribution < -0.4 is 0 Å². The average Bonchev–Trinajstić information content (AvgIpc) is 3.03. The molecule has 0 radical (unpaired) electrons. The van der Waals surface area contributed by atoms with Gasteiger partial charge in [0.2, 0.25) is 5.88 Å². The molecule has 0 fully saturated rings. The number of aromatic hydroxyl groups is 1.